The van der Waals surface area contributed by atoms with E-state index in [9.17, 15) is 19.6 Å². The Morgan fingerprint density at radius 2 is 2.26 bits per heavy atom. The molecule has 7 heteroatoms. The quantitative estimate of drug-likeness (QED) is 0.486. The van der Waals surface area contributed by atoms with Crippen molar-refractivity contribution >= 4 is 29.1 Å². The van der Waals surface area contributed by atoms with Crippen LogP contribution in [-0.4, -0.2) is 46.0 Å². The van der Waals surface area contributed by atoms with Crippen molar-refractivity contribution in [3.63, 3.8) is 0 Å². The number of amides is 3. The molecule has 1 aliphatic carbocycles. The van der Waals surface area contributed by atoms with E-state index in [1.807, 2.05) is 0 Å². The summed E-state index contributed by atoms with van der Waals surface area (Å²) in [5.41, 5.74) is 1.25. The SMILES string of the molecule is CC(=O)CC(=O)N=C1C=CC2=[NH+]C(=O)N(O)CC2C1. The summed E-state index contributed by atoms with van der Waals surface area (Å²) in [4.78, 5) is 39.8. The highest BCUT2D eigenvalue weighted by atomic mass is 16.5. The van der Waals surface area contributed by atoms with Crippen LogP contribution in [0, 0.1) is 5.92 Å². The smallest absolute Gasteiger partial charge is 0.299 e. The first-order chi connectivity index (χ1) is 8.95. The van der Waals surface area contributed by atoms with Gasteiger partial charge in [0.05, 0.1) is 12.3 Å². The van der Waals surface area contributed by atoms with Crippen molar-refractivity contribution in [3.8, 4) is 0 Å². The third-order valence-electron chi connectivity index (χ3n) is 2.90. The lowest BCUT2D eigenvalue weighted by atomic mass is 9.90. The number of hydroxylamine groups is 2. The second kappa shape index (κ2) is 5.23. The predicted octanol–water partition coefficient (Wildman–Crippen LogP) is -1.14. The van der Waals surface area contributed by atoms with Gasteiger partial charge in [-0.25, -0.2) is 15.2 Å². The molecule has 100 valence electrons. The summed E-state index contributed by atoms with van der Waals surface area (Å²) in [5.74, 6) is -0.819. The third kappa shape index (κ3) is 3.19. The number of ketones is 1. The first-order valence-corrected chi connectivity index (χ1v) is 5.88. The predicted molar refractivity (Wildman–Crippen MR) is 64.8 cm³/mol. The number of carbonyl (C=O) groups is 3. The number of aliphatic imine (C=N–C) groups is 1. The highest BCUT2D eigenvalue weighted by Crippen LogP contribution is 2.15. The summed E-state index contributed by atoms with van der Waals surface area (Å²) in [6, 6.07) is -0.566. The van der Waals surface area contributed by atoms with Crippen LogP contribution in [0.3, 0.4) is 0 Å². The van der Waals surface area contributed by atoms with E-state index in [1.54, 1.807) is 12.2 Å². The molecule has 0 saturated heterocycles. The van der Waals surface area contributed by atoms with Crippen LogP contribution < -0.4 is 4.99 Å². The van der Waals surface area contributed by atoms with Crippen LogP contribution in [0.4, 0.5) is 4.79 Å². The molecule has 2 aliphatic rings. The minimum Gasteiger partial charge on any atom is -0.299 e. The van der Waals surface area contributed by atoms with Crippen molar-refractivity contribution in [2.45, 2.75) is 19.8 Å². The molecule has 0 saturated carbocycles. The Kier molecular flexibility index (Phi) is 3.66. The van der Waals surface area contributed by atoms with Gasteiger partial charge in [-0.1, -0.05) is 5.06 Å². The van der Waals surface area contributed by atoms with Gasteiger partial charge in [0.2, 0.25) is 0 Å². The van der Waals surface area contributed by atoms with Gasteiger partial charge >= 0.3 is 6.03 Å². The molecule has 0 bridgehead atoms. The summed E-state index contributed by atoms with van der Waals surface area (Å²) in [5, 5.41) is 9.94. The monoisotopic (exact) mass is 264 g/mol. The number of carbonyl (C=O) groups excluding carboxylic acids is 3. The number of Topliss-reactive ketones (excluding diaryl/α,β-unsaturated/α-hetero) is 1. The minimum atomic E-state index is -0.566. The fourth-order valence-corrected chi connectivity index (χ4v) is 2.03. The number of urea groups is 1. The lowest BCUT2D eigenvalue weighted by Gasteiger charge is -2.22. The van der Waals surface area contributed by atoms with Crippen LogP contribution >= 0.6 is 0 Å². The number of hydrogen-bond acceptors (Lipinski definition) is 4. The molecule has 2 rings (SSSR count). The second-order valence-electron chi connectivity index (χ2n) is 4.58. The Morgan fingerprint density at radius 1 is 1.53 bits per heavy atom. The molecule has 0 spiro atoms. The normalized spacial score (nSPS) is 24.2. The lowest BCUT2D eigenvalue weighted by Crippen LogP contribution is -2.85. The molecule has 7 nitrogen and oxygen atoms in total. The van der Waals surface area contributed by atoms with E-state index < -0.39 is 11.9 Å². The van der Waals surface area contributed by atoms with Crippen LogP contribution in [0.5, 0.6) is 0 Å². The molecule has 3 amide bonds. The topological polar surface area (TPSA) is 101 Å². The van der Waals surface area contributed by atoms with Gasteiger partial charge in [-0.3, -0.25) is 9.59 Å². The fourth-order valence-electron chi connectivity index (χ4n) is 2.03. The zero-order chi connectivity index (χ0) is 14.0. The molecule has 19 heavy (non-hydrogen) atoms. The van der Waals surface area contributed by atoms with Crippen molar-refractivity contribution in [2.75, 3.05) is 6.54 Å². The van der Waals surface area contributed by atoms with Gasteiger partial charge in [0.15, 0.2) is 0 Å². The highest BCUT2D eigenvalue weighted by Gasteiger charge is 2.36. The zero-order valence-corrected chi connectivity index (χ0v) is 10.4. The fraction of sp³-hybridized carbons (Fsp3) is 0.417. The van der Waals surface area contributed by atoms with Crippen molar-refractivity contribution in [1.82, 2.24) is 5.06 Å². The van der Waals surface area contributed by atoms with Gasteiger partial charge in [-0.2, -0.15) is 4.79 Å². The maximum atomic E-state index is 11.4. The Bertz CT molecular complexity index is 533. The van der Waals surface area contributed by atoms with E-state index in [0.717, 1.165) is 0 Å². The van der Waals surface area contributed by atoms with Crippen molar-refractivity contribution in [3.05, 3.63) is 12.2 Å². The van der Waals surface area contributed by atoms with Crippen LogP contribution in [0.25, 0.3) is 0 Å². The molecule has 0 aromatic carbocycles. The molecule has 2 N–H and O–H groups in total. The van der Waals surface area contributed by atoms with E-state index in [-0.39, 0.29) is 24.7 Å². The van der Waals surface area contributed by atoms with E-state index in [1.165, 1.54) is 6.92 Å². The minimum absolute atomic E-state index is 0.114. The molecule has 1 unspecified atom stereocenters. The number of fused-ring (bicyclic) bond motifs is 1. The first-order valence-electron chi connectivity index (χ1n) is 5.88. The Hall–Kier alpha value is -2.15. The van der Waals surface area contributed by atoms with E-state index >= 15 is 0 Å². The number of hydrogen-bond donors (Lipinski definition) is 2. The number of nitrogens with one attached hydrogen (secondary N) is 1. The van der Waals surface area contributed by atoms with E-state index in [0.29, 0.717) is 22.9 Å². The van der Waals surface area contributed by atoms with Crippen molar-refractivity contribution in [2.24, 2.45) is 10.9 Å². The van der Waals surface area contributed by atoms with E-state index in [4.69, 9.17) is 0 Å². The average Bonchev–Trinajstić information content (AvgIpc) is 2.30. The van der Waals surface area contributed by atoms with Gasteiger partial charge in [-0.05, 0) is 19.1 Å². The van der Waals surface area contributed by atoms with Gasteiger partial charge in [-0.15, -0.1) is 0 Å². The van der Waals surface area contributed by atoms with Gasteiger partial charge in [0.1, 0.15) is 18.0 Å². The summed E-state index contributed by atoms with van der Waals surface area (Å²) >= 11 is 0. The molecular formula is C12H14N3O4+. The Balaban J connectivity index is 2.14. The lowest BCUT2D eigenvalue weighted by molar-refractivity contribution is -0.384. The Morgan fingerprint density at radius 3 is 2.95 bits per heavy atom. The molecule has 1 aliphatic heterocycles. The highest BCUT2D eigenvalue weighted by molar-refractivity contribution is 6.13. The number of rotatable bonds is 2. The maximum Gasteiger partial charge on any atom is 0.521 e. The third-order valence-corrected chi connectivity index (χ3v) is 2.90. The summed E-state index contributed by atoms with van der Waals surface area (Å²) in [6.07, 6.45) is 3.53. The molecule has 1 heterocycles. The molecular weight excluding hydrogens is 250 g/mol. The maximum absolute atomic E-state index is 11.4. The molecule has 0 aromatic heterocycles. The van der Waals surface area contributed by atoms with Crippen molar-refractivity contribution in [1.29, 1.82) is 0 Å². The number of allylic oxidation sites excluding steroid dienone is 2. The first kappa shape index (κ1) is 13.3. The van der Waals surface area contributed by atoms with Crippen LogP contribution in [0.1, 0.15) is 19.8 Å². The van der Waals surface area contributed by atoms with Gasteiger partial charge in [0.25, 0.3) is 5.91 Å². The van der Waals surface area contributed by atoms with Crippen molar-refractivity contribution < 1.29 is 24.6 Å². The largest absolute Gasteiger partial charge is 0.521 e. The molecule has 0 fully saturated rings. The summed E-state index contributed by atoms with van der Waals surface area (Å²) in [6.45, 7) is 1.49. The van der Waals surface area contributed by atoms with Gasteiger partial charge in [0, 0.05) is 12.1 Å². The zero-order valence-electron chi connectivity index (χ0n) is 10.4. The van der Waals surface area contributed by atoms with Crippen LogP contribution in [-0.2, 0) is 9.59 Å². The molecule has 0 radical (unpaired) electrons. The van der Waals surface area contributed by atoms with Gasteiger partial charge < -0.3 is 0 Å². The second-order valence-corrected chi connectivity index (χ2v) is 4.58. The number of nitrogens with zero attached hydrogens (tertiary/aromatic N) is 2. The molecule has 1 atom stereocenters. The average molecular weight is 264 g/mol. The molecule has 0 aromatic rings. The summed E-state index contributed by atoms with van der Waals surface area (Å²) < 4.78 is 0. The van der Waals surface area contributed by atoms with Crippen LogP contribution in [0.2, 0.25) is 0 Å². The standard InChI is InChI=1S/C12H13N3O4/c1-7(16)4-11(17)13-9-2-3-10-8(5-9)6-15(19)12(18)14-10/h2-3,8,19H,4-6H2,1H3/p+1. The van der Waals surface area contributed by atoms with Crippen LogP contribution in [0.15, 0.2) is 17.1 Å². The Labute approximate surface area is 109 Å². The summed E-state index contributed by atoms with van der Waals surface area (Å²) in [7, 11) is 0. The van der Waals surface area contributed by atoms with E-state index in [2.05, 4.69) is 9.98 Å².